The molecule has 0 aliphatic carbocycles. The van der Waals surface area contributed by atoms with E-state index in [0.717, 1.165) is 10.4 Å². The molecule has 0 aliphatic heterocycles. The Labute approximate surface area is 103 Å². The van der Waals surface area contributed by atoms with Crippen LogP contribution in [0.25, 0.3) is 0 Å². The van der Waals surface area contributed by atoms with Gasteiger partial charge in [-0.15, -0.1) is 11.3 Å². The summed E-state index contributed by atoms with van der Waals surface area (Å²) in [6.07, 6.45) is 0. The molecule has 4 heteroatoms. The maximum Gasteiger partial charge on any atom is 0.126 e. The third kappa shape index (κ3) is 2.12. The molecule has 2 rings (SSSR count). The van der Waals surface area contributed by atoms with Crippen molar-refractivity contribution in [3.8, 4) is 0 Å². The molecule has 2 aromatic rings. The van der Waals surface area contributed by atoms with Crippen LogP contribution >= 0.6 is 22.9 Å². The van der Waals surface area contributed by atoms with Crippen molar-refractivity contribution < 1.29 is 4.39 Å². The number of aryl methyl sites for hydroxylation is 1. The van der Waals surface area contributed by atoms with Crippen LogP contribution in [0.4, 0.5) is 4.39 Å². The zero-order valence-corrected chi connectivity index (χ0v) is 10.3. The number of halogens is 2. The van der Waals surface area contributed by atoms with Crippen molar-refractivity contribution in [2.24, 2.45) is 5.73 Å². The third-order valence-corrected chi connectivity index (χ3v) is 3.92. The monoisotopic (exact) mass is 255 g/mol. The summed E-state index contributed by atoms with van der Waals surface area (Å²) in [5, 5.41) is 2.51. The molecule has 0 radical (unpaired) electrons. The molecule has 1 aromatic heterocycles. The number of hydrogen-bond acceptors (Lipinski definition) is 2. The highest BCUT2D eigenvalue weighted by Gasteiger charge is 2.14. The predicted molar refractivity (Wildman–Crippen MR) is 66.5 cm³/mol. The summed E-state index contributed by atoms with van der Waals surface area (Å²) in [7, 11) is 0. The Morgan fingerprint density at radius 2 is 2.12 bits per heavy atom. The first-order valence-electron chi connectivity index (χ1n) is 4.84. The smallest absolute Gasteiger partial charge is 0.126 e. The highest BCUT2D eigenvalue weighted by molar-refractivity contribution is 7.10. The standard InChI is InChI=1S/C12H11ClFNS/c1-7-2-3-8(6-10(7)14)11(15)12-9(13)4-5-16-12/h2-6,11H,15H2,1H3. The van der Waals surface area contributed by atoms with Gasteiger partial charge in [-0.1, -0.05) is 23.7 Å². The maximum absolute atomic E-state index is 13.4. The van der Waals surface area contributed by atoms with Crippen molar-refractivity contribution >= 4 is 22.9 Å². The third-order valence-electron chi connectivity index (χ3n) is 2.48. The number of benzene rings is 1. The van der Waals surface area contributed by atoms with Gasteiger partial charge in [0.05, 0.1) is 11.1 Å². The Bertz CT molecular complexity index is 509. The van der Waals surface area contributed by atoms with E-state index in [4.69, 9.17) is 17.3 Å². The summed E-state index contributed by atoms with van der Waals surface area (Å²) in [6.45, 7) is 1.72. The van der Waals surface area contributed by atoms with Gasteiger partial charge in [-0.25, -0.2) is 4.39 Å². The second-order valence-electron chi connectivity index (χ2n) is 3.62. The molecule has 0 aliphatic rings. The minimum atomic E-state index is -0.359. The molecular weight excluding hydrogens is 245 g/mol. The van der Waals surface area contributed by atoms with Gasteiger partial charge in [-0.2, -0.15) is 0 Å². The van der Waals surface area contributed by atoms with Crippen LogP contribution in [0.15, 0.2) is 29.6 Å². The fraction of sp³-hybridized carbons (Fsp3) is 0.167. The van der Waals surface area contributed by atoms with Gasteiger partial charge < -0.3 is 5.73 Å². The van der Waals surface area contributed by atoms with Gasteiger partial charge in [0.1, 0.15) is 5.82 Å². The van der Waals surface area contributed by atoms with E-state index in [9.17, 15) is 4.39 Å². The zero-order valence-electron chi connectivity index (χ0n) is 8.71. The van der Waals surface area contributed by atoms with E-state index < -0.39 is 0 Å². The first-order chi connectivity index (χ1) is 7.59. The van der Waals surface area contributed by atoms with E-state index in [-0.39, 0.29) is 11.9 Å². The molecule has 2 N–H and O–H groups in total. The molecule has 0 saturated heterocycles. The van der Waals surface area contributed by atoms with Gasteiger partial charge in [0, 0.05) is 4.88 Å². The second-order valence-corrected chi connectivity index (χ2v) is 4.97. The van der Waals surface area contributed by atoms with Gasteiger partial charge in [-0.3, -0.25) is 0 Å². The van der Waals surface area contributed by atoms with Crippen LogP contribution in [0.3, 0.4) is 0 Å². The summed E-state index contributed by atoms with van der Waals surface area (Å²) in [4.78, 5) is 0.866. The summed E-state index contributed by atoms with van der Waals surface area (Å²) in [5.74, 6) is -0.236. The van der Waals surface area contributed by atoms with Crippen molar-refractivity contribution in [3.05, 3.63) is 56.5 Å². The summed E-state index contributed by atoms with van der Waals surface area (Å²) in [6, 6.07) is 6.47. The lowest BCUT2D eigenvalue weighted by Gasteiger charge is -2.11. The second kappa shape index (κ2) is 4.53. The first-order valence-corrected chi connectivity index (χ1v) is 6.10. The average Bonchev–Trinajstić information content (AvgIpc) is 2.67. The molecule has 1 nitrogen and oxygen atoms in total. The Kier molecular flexibility index (Phi) is 3.28. The van der Waals surface area contributed by atoms with E-state index in [1.165, 1.54) is 17.4 Å². The van der Waals surface area contributed by atoms with E-state index in [1.807, 2.05) is 11.4 Å². The number of rotatable bonds is 2. The minimum Gasteiger partial charge on any atom is -0.320 e. The Hall–Kier alpha value is -0.900. The molecule has 0 spiro atoms. The molecule has 1 unspecified atom stereocenters. The highest BCUT2D eigenvalue weighted by Crippen LogP contribution is 2.31. The Morgan fingerprint density at radius 1 is 1.38 bits per heavy atom. The molecule has 0 saturated carbocycles. The van der Waals surface area contributed by atoms with Crippen LogP contribution in [-0.4, -0.2) is 0 Å². The fourth-order valence-electron chi connectivity index (χ4n) is 1.48. The largest absolute Gasteiger partial charge is 0.320 e. The van der Waals surface area contributed by atoms with Crippen molar-refractivity contribution in [1.82, 2.24) is 0 Å². The zero-order chi connectivity index (χ0) is 11.7. The summed E-state index contributed by atoms with van der Waals surface area (Å²) >= 11 is 7.48. The van der Waals surface area contributed by atoms with Crippen LogP contribution in [-0.2, 0) is 0 Å². The quantitative estimate of drug-likeness (QED) is 0.866. The fourth-order valence-corrected chi connectivity index (χ4v) is 2.68. The predicted octanol–water partition coefficient (Wildman–Crippen LogP) is 3.90. The van der Waals surface area contributed by atoms with E-state index >= 15 is 0 Å². The molecule has 0 fully saturated rings. The van der Waals surface area contributed by atoms with Gasteiger partial charge in [0.25, 0.3) is 0 Å². The van der Waals surface area contributed by atoms with Crippen LogP contribution in [0.5, 0.6) is 0 Å². The molecule has 1 atom stereocenters. The lowest BCUT2D eigenvalue weighted by Crippen LogP contribution is -2.11. The Morgan fingerprint density at radius 3 is 2.69 bits per heavy atom. The summed E-state index contributed by atoms with van der Waals surface area (Å²) < 4.78 is 13.4. The SMILES string of the molecule is Cc1ccc(C(N)c2sccc2Cl)cc1F. The lowest BCUT2D eigenvalue weighted by atomic mass is 10.0. The van der Waals surface area contributed by atoms with E-state index in [1.54, 1.807) is 19.1 Å². The number of nitrogens with two attached hydrogens (primary N) is 1. The molecule has 84 valence electrons. The molecule has 1 aromatic carbocycles. The normalized spacial score (nSPS) is 12.8. The molecule has 16 heavy (non-hydrogen) atoms. The maximum atomic E-state index is 13.4. The molecule has 0 amide bonds. The average molecular weight is 256 g/mol. The van der Waals surface area contributed by atoms with Gasteiger partial charge in [-0.05, 0) is 35.6 Å². The number of thiophene rings is 1. The van der Waals surface area contributed by atoms with E-state index in [0.29, 0.717) is 10.6 Å². The van der Waals surface area contributed by atoms with Crippen molar-refractivity contribution in [1.29, 1.82) is 0 Å². The van der Waals surface area contributed by atoms with Crippen molar-refractivity contribution in [3.63, 3.8) is 0 Å². The van der Waals surface area contributed by atoms with Crippen LogP contribution in [0, 0.1) is 12.7 Å². The molecule has 1 heterocycles. The van der Waals surface area contributed by atoms with Crippen LogP contribution in [0.2, 0.25) is 5.02 Å². The Balaban J connectivity index is 2.38. The summed E-state index contributed by atoms with van der Waals surface area (Å²) in [5.41, 5.74) is 7.40. The van der Waals surface area contributed by atoms with Gasteiger partial charge in [0.15, 0.2) is 0 Å². The topological polar surface area (TPSA) is 26.0 Å². The lowest BCUT2D eigenvalue weighted by molar-refractivity contribution is 0.614. The first kappa shape index (κ1) is 11.6. The van der Waals surface area contributed by atoms with Crippen molar-refractivity contribution in [2.75, 3.05) is 0 Å². The highest BCUT2D eigenvalue weighted by atomic mass is 35.5. The van der Waals surface area contributed by atoms with Crippen LogP contribution < -0.4 is 5.73 Å². The number of hydrogen-bond donors (Lipinski definition) is 1. The van der Waals surface area contributed by atoms with Gasteiger partial charge in [0.2, 0.25) is 0 Å². The molecule has 0 bridgehead atoms. The van der Waals surface area contributed by atoms with Crippen molar-refractivity contribution in [2.45, 2.75) is 13.0 Å². The molecular formula is C12H11ClFNS. The van der Waals surface area contributed by atoms with Crippen LogP contribution in [0.1, 0.15) is 22.0 Å². The minimum absolute atomic E-state index is 0.236. The van der Waals surface area contributed by atoms with Gasteiger partial charge >= 0.3 is 0 Å². The van der Waals surface area contributed by atoms with E-state index in [2.05, 4.69) is 0 Å².